The largest absolute Gasteiger partial charge is 0.479 e. The van der Waals surface area contributed by atoms with Gasteiger partial charge in [-0.2, -0.15) is 0 Å². The number of rotatable bonds is 27. The van der Waals surface area contributed by atoms with Crippen LogP contribution in [0, 0.1) is 11.8 Å². The summed E-state index contributed by atoms with van der Waals surface area (Å²) in [5.74, 6) is -3.77. The number of fused-ring (bicyclic) bond motifs is 1. The Morgan fingerprint density at radius 1 is 0.908 bits per heavy atom. The number of carboxylic acids is 1. The maximum absolute atomic E-state index is 13.2. The van der Waals surface area contributed by atoms with E-state index in [1.54, 1.807) is 11.1 Å². The number of unbranched alkanes of at least 4 members (excludes halogenated alkanes) is 2. The molecule has 0 aromatic carbocycles. The van der Waals surface area contributed by atoms with Crippen molar-refractivity contribution in [1.82, 2.24) is 29.5 Å². The van der Waals surface area contributed by atoms with Crippen LogP contribution in [0.25, 0.3) is 0 Å². The number of carbonyl (C=O) groups excluding carboxylic acids is 4. The van der Waals surface area contributed by atoms with E-state index < -0.39 is 91.4 Å². The number of ketones is 1. The van der Waals surface area contributed by atoms with Gasteiger partial charge < -0.3 is 63.6 Å². The number of likely N-dealkylation sites (tertiary alicyclic amines) is 1. The van der Waals surface area contributed by atoms with Crippen LogP contribution in [0.1, 0.15) is 51.6 Å². The normalized spacial score (nSPS) is 32.4. The molecule has 4 fully saturated rings. The fraction of sp³-hybridized carbons (Fsp3) is 0.718. The highest BCUT2D eigenvalue weighted by Gasteiger charge is 2.58. The van der Waals surface area contributed by atoms with Crippen LogP contribution in [0.4, 0.5) is 0 Å². The summed E-state index contributed by atoms with van der Waals surface area (Å²) in [4.78, 5) is 66.1. The predicted molar refractivity (Wildman–Crippen MR) is 218 cm³/mol. The molecule has 5 rings (SSSR count). The topological polar surface area (TPSA) is 330 Å². The van der Waals surface area contributed by atoms with Gasteiger partial charge in [0, 0.05) is 25.9 Å². The Labute approximate surface area is 377 Å². The van der Waals surface area contributed by atoms with Crippen molar-refractivity contribution >= 4 is 41.7 Å². The van der Waals surface area contributed by atoms with Crippen molar-refractivity contribution in [2.45, 2.75) is 133 Å². The van der Waals surface area contributed by atoms with Gasteiger partial charge in [0.15, 0.2) is 18.7 Å². The lowest BCUT2D eigenvalue weighted by atomic mass is 9.89. The number of carbonyl (C=O) groups is 5. The summed E-state index contributed by atoms with van der Waals surface area (Å²) in [5.41, 5.74) is 0.478. The van der Waals surface area contributed by atoms with Crippen LogP contribution in [0.3, 0.4) is 0 Å². The molecule has 25 nitrogen and oxygen atoms in total. The minimum atomic E-state index is -1.90. The van der Waals surface area contributed by atoms with E-state index in [0.717, 1.165) is 0 Å². The predicted octanol–water partition coefficient (Wildman–Crippen LogP) is -1.75. The first-order valence-electron chi connectivity index (χ1n) is 21.0. The lowest BCUT2D eigenvalue weighted by molar-refractivity contribution is -0.432. The van der Waals surface area contributed by atoms with Crippen molar-refractivity contribution in [2.24, 2.45) is 11.8 Å². The summed E-state index contributed by atoms with van der Waals surface area (Å²) in [6.07, 6.45) is -9.20. The summed E-state index contributed by atoms with van der Waals surface area (Å²) in [5, 5.41) is 72.6. The summed E-state index contributed by atoms with van der Waals surface area (Å²) in [7, 11) is 0. The Morgan fingerprint density at radius 2 is 1.62 bits per heavy atom. The van der Waals surface area contributed by atoms with Gasteiger partial charge in [-0.1, -0.05) is 22.4 Å². The molecule has 0 spiro atoms. The van der Waals surface area contributed by atoms with E-state index in [0.29, 0.717) is 31.5 Å². The Morgan fingerprint density at radius 3 is 2.26 bits per heavy atom. The first-order chi connectivity index (χ1) is 31.1. The maximum atomic E-state index is 13.2. The average molecular weight is 947 g/mol. The van der Waals surface area contributed by atoms with E-state index in [-0.39, 0.29) is 88.0 Å². The SMILES string of the molecule is C=C[C@@H]1O[C@H](C=C)[C@@H]2C(=O)N(CCCCCN(Cc3cn(CCOCCO[C@@H]4OC(C(=O)O)[C@@H](O[C@H]5OC(C)[C@@H](O)[C@H](O)C5NSOOO)[C@H](O)C4O)nn3)C(=O)CCC(C)=O)C(=O)[C@@H]21. The molecule has 0 bridgehead atoms. The summed E-state index contributed by atoms with van der Waals surface area (Å²) in [6.45, 7) is 11.0. The molecular weight excluding hydrogens is 889 g/mol. The Bertz CT molecular complexity index is 1760. The molecule has 4 unspecified atom stereocenters. The fourth-order valence-corrected chi connectivity index (χ4v) is 8.39. The van der Waals surface area contributed by atoms with Gasteiger partial charge >= 0.3 is 5.97 Å². The molecular formula is C39H58N6O19S. The number of amides is 3. The Hall–Kier alpha value is -3.84. The van der Waals surface area contributed by atoms with Crippen molar-refractivity contribution in [1.29, 1.82) is 0 Å². The van der Waals surface area contributed by atoms with Crippen molar-refractivity contribution in [2.75, 3.05) is 32.9 Å². The number of aliphatic carboxylic acids is 1. The van der Waals surface area contributed by atoms with Crippen LogP contribution in [0.5, 0.6) is 0 Å². The van der Waals surface area contributed by atoms with Crippen molar-refractivity contribution in [3.63, 3.8) is 0 Å². The third kappa shape index (κ3) is 13.2. The first kappa shape index (κ1) is 52.1. The number of imide groups is 1. The molecule has 14 atom stereocenters. The maximum Gasteiger partial charge on any atom is 0.335 e. The molecule has 364 valence electrons. The van der Waals surface area contributed by atoms with E-state index in [4.69, 9.17) is 33.7 Å². The molecule has 5 heterocycles. The molecule has 0 radical (unpaired) electrons. The van der Waals surface area contributed by atoms with Crippen LogP contribution in [0.15, 0.2) is 31.5 Å². The standard InChI is InChI=1S/C39H58N6O19S/c1-5-23-26-27(24(6-2)60-23)36(53)45(35(26)52)13-9-7-8-12-43(25(47)11-10-20(3)46)18-22-19-44(42-40-22)14-15-57-16-17-58-39-32(51)31(50)33(34(62-39)37(54)55)61-38-28(41-65-64-63-56)30(49)29(48)21(4)59-38/h5-6,19,21,23-24,26-34,38-39,41,48-51,56H,1-2,7-18H2,3-4H3,(H,54,55)/t21?,23-,24+,26+,27-,28?,29-,30-,31-,32?,33+,34?,38-,39-/m1/s1. The molecule has 0 saturated carbocycles. The number of nitrogens with zero attached hydrogens (tertiary/aromatic N) is 5. The number of Topliss-reactive ketones (excluding diaryl/α,β-unsaturated/α-hetero) is 1. The lowest BCUT2D eigenvalue weighted by Crippen LogP contribution is -2.66. The summed E-state index contributed by atoms with van der Waals surface area (Å²) < 4.78 is 41.8. The number of aromatic nitrogens is 3. The van der Waals surface area contributed by atoms with Crippen LogP contribution in [0.2, 0.25) is 0 Å². The zero-order valence-electron chi connectivity index (χ0n) is 35.8. The van der Waals surface area contributed by atoms with Crippen molar-refractivity contribution < 1.29 is 92.6 Å². The Kier molecular flexibility index (Phi) is 19.9. The summed E-state index contributed by atoms with van der Waals surface area (Å²) >= 11 is 0.275. The van der Waals surface area contributed by atoms with Gasteiger partial charge in [-0.3, -0.25) is 19.3 Å². The third-order valence-corrected chi connectivity index (χ3v) is 11.9. The van der Waals surface area contributed by atoms with Gasteiger partial charge in [-0.05, 0) is 33.1 Å². The average Bonchev–Trinajstić information content (AvgIpc) is 3.96. The van der Waals surface area contributed by atoms with E-state index in [1.165, 1.54) is 35.6 Å². The number of hydrogen-bond donors (Lipinski definition) is 7. The highest BCUT2D eigenvalue weighted by molar-refractivity contribution is 7.92. The molecule has 0 aliphatic carbocycles. The number of ether oxygens (including phenoxy) is 6. The number of aliphatic hydroxyl groups is 4. The number of carboxylic acid groups (broad SMARTS) is 1. The molecule has 1 aromatic heterocycles. The van der Waals surface area contributed by atoms with Crippen molar-refractivity contribution in [3.8, 4) is 0 Å². The molecule has 7 N–H and O–H groups in total. The summed E-state index contributed by atoms with van der Waals surface area (Å²) in [6, 6.07) is -1.33. The van der Waals surface area contributed by atoms with Crippen molar-refractivity contribution in [3.05, 3.63) is 37.2 Å². The van der Waals surface area contributed by atoms with Crippen LogP contribution < -0.4 is 4.72 Å². The quantitative estimate of drug-likeness (QED) is 0.00978. The third-order valence-electron chi connectivity index (χ3n) is 11.4. The van der Waals surface area contributed by atoms with Gasteiger partial charge in [0.25, 0.3) is 0 Å². The zero-order chi connectivity index (χ0) is 47.4. The van der Waals surface area contributed by atoms with Gasteiger partial charge in [0.2, 0.25) is 17.7 Å². The second-order valence-corrected chi connectivity index (χ2v) is 16.4. The molecule has 4 aliphatic rings. The lowest BCUT2D eigenvalue weighted by Gasteiger charge is -2.46. The molecule has 1 aromatic rings. The first-order valence-corrected chi connectivity index (χ1v) is 21.8. The Balaban J connectivity index is 1.05. The molecule has 65 heavy (non-hydrogen) atoms. The monoisotopic (exact) mass is 946 g/mol. The van der Waals surface area contributed by atoms with Gasteiger partial charge in [0.1, 0.15) is 54.2 Å². The fourth-order valence-electron chi connectivity index (χ4n) is 7.96. The smallest absolute Gasteiger partial charge is 0.335 e. The second kappa shape index (κ2) is 24.8. The molecule has 4 aliphatic heterocycles. The van der Waals surface area contributed by atoms with Gasteiger partial charge in [-0.25, -0.2) is 19.5 Å². The van der Waals surface area contributed by atoms with Crippen LogP contribution >= 0.6 is 12.2 Å². The van der Waals surface area contributed by atoms with Gasteiger partial charge in [0.05, 0.1) is 75.3 Å². The number of aliphatic hydroxyl groups excluding tert-OH is 4. The minimum Gasteiger partial charge on any atom is -0.479 e. The highest BCUT2D eigenvalue weighted by atomic mass is 32.2. The zero-order valence-corrected chi connectivity index (χ0v) is 36.7. The number of hydrogen-bond acceptors (Lipinski definition) is 22. The van der Waals surface area contributed by atoms with E-state index in [1.807, 2.05) is 0 Å². The van der Waals surface area contributed by atoms with Crippen LogP contribution in [-0.2, 0) is 74.9 Å². The van der Waals surface area contributed by atoms with Gasteiger partial charge in [-0.15, -0.1) is 22.6 Å². The molecule has 4 saturated heterocycles. The highest BCUT2D eigenvalue weighted by Crippen LogP contribution is 2.41. The van der Waals surface area contributed by atoms with E-state index >= 15 is 0 Å². The minimum absolute atomic E-state index is 0.0194. The van der Waals surface area contributed by atoms with Crippen LogP contribution in [-0.4, -0.2) is 192 Å². The van der Waals surface area contributed by atoms with E-state index in [2.05, 4.69) is 37.6 Å². The molecule has 26 heteroatoms. The molecule has 3 amide bonds. The number of nitrogens with one attached hydrogen (secondary N) is 1. The van der Waals surface area contributed by atoms with E-state index in [9.17, 15) is 49.5 Å². The second-order valence-electron chi connectivity index (χ2n) is 15.9.